The van der Waals surface area contributed by atoms with Crippen molar-refractivity contribution in [1.29, 1.82) is 10.8 Å². The van der Waals surface area contributed by atoms with Crippen molar-refractivity contribution in [2.45, 2.75) is 6.92 Å². The fourth-order valence-corrected chi connectivity index (χ4v) is 0.434. The van der Waals surface area contributed by atoms with Gasteiger partial charge in [-0.25, -0.2) is 0 Å². The van der Waals surface area contributed by atoms with Crippen LogP contribution < -0.4 is 0 Å². The maximum Gasteiger partial charge on any atom is 0.0618 e. The average molecular weight is 122 g/mol. The molecule has 48 valence electrons. The topological polar surface area (TPSA) is 47.7 Å². The maximum absolute atomic E-state index is 7.16. The van der Waals surface area contributed by atoms with Crippen molar-refractivity contribution < 1.29 is 0 Å². The van der Waals surface area contributed by atoms with Crippen LogP contribution >= 0.6 is 0 Å². The molecule has 0 rings (SSSR count). The summed E-state index contributed by atoms with van der Waals surface area (Å²) in [6.07, 6.45) is 4.27. The largest absolute Gasteiger partial charge is 0.308 e. The quantitative estimate of drug-likeness (QED) is 0.536. The molecule has 0 aromatic carbocycles. The molecule has 0 atom stereocenters. The molecule has 0 amide bonds. The molecule has 0 aliphatic carbocycles. The van der Waals surface area contributed by atoms with E-state index in [0.29, 0.717) is 11.3 Å². The molecule has 0 saturated heterocycles. The maximum atomic E-state index is 7.16. The van der Waals surface area contributed by atoms with Gasteiger partial charge in [-0.15, -0.1) is 0 Å². The van der Waals surface area contributed by atoms with Crippen LogP contribution in [0.15, 0.2) is 24.3 Å². The zero-order valence-corrected chi connectivity index (χ0v) is 5.44. The SMILES string of the molecule is C=CC(=N)/C(C=N)=C\C. The Labute approximate surface area is 54.9 Å². The Kier molecular flexibility index (Phi) is 3.28. The molecule has 2 nitrogen and oxygen atoms in total. The summed E-state index contributed by atoms with van der Waals surface area (Å²) in [6, 6.07) is 0. The van der Waals surface area contributed by atoms with Gasteiger partial charge < -0.3 is 10.8 Å². The third-order valence-electron chi connectivity index (χ3n) is 0.982. The van der Waals surface area contributed by atoms with Crippen LogP contribution in [0, 0.1) is 10.8 Å². The van der Waals surface area contributed by atoms with Crippen LogP contribution in [0.5, 0.6) is 0 Å². The minimum Gasteiger partial charge on any atom is -0.308 e. The Morgan fingerprint density at radius 1 is 1.56 bits per heavy atom. The van der Waals surface area contributed by atoms with Crippen LogP contribution in [0.2, 0.25) is 0 Å². The van der Waals surface area contributed by atoms with Gasteiger partial charge in [0.15, 0.2) is 0 Å². The molecule has 0 spiro atoms. The van der Waals surface area contributed by atoms with Crippen molar-refractivity contribution in [3.05, 3.63) is 24.3 Å². The van der Waals surface area contributed by atoms with Crippen LogP contribution in [0.3, 0.4) is 0 Å². The number of rotatable bonds is 3. The second kappa shape index (κ2) is 3.78. The molecule has 0 fully saturated rings. The van der Waals surface area contributed by atoms with Crippen molar-refractivity contribution in [1.82, 2.24) is 0 Å². The summed E-state index contributed by atoms with van der Waals surface area (Å²) in [5.41, 5.74) is 0.900. The van der Waals surface area contributed by atoms with Gasteiger partial charge in [-0.3, -0.25) is 0 Å². The first-order valence-corrected chi connectivity index (χ1v) is 2.64. The normalized spacial score (nSPS) is 10.6. The summed E-state index contributed by atoms with van der Waals surface area (Å²) in [5, 5.41) is 14.0. The minimum absolute atomic E-state index is 0.299. The molecule has 0 saturated carbocycles. The fourth-order valence-electron chi connectivity index (χ4n) is 0.434. The van der Waals surface area contributed by atoms with Crippen molar-refractivity contribution >= 4 is 11.9 Å². The van der Waals surface area contributed by atoms with Gasteiger partial charge in [-0.05, 0) is 13.0 Å². The monoisotopic (exact) mass is 122 g/mol. The molecule has 0 heterocycles. The van der Waals surface area contributed by atoms with Crippen LogP contribution in [0.25, 0.3) is 0 Å². The third kappa shape index (κ3) is 2.04. The fraction of sp³-hybridized carbons (Fsp3) is 0.143. The number of hydrogen-bond donors (Lipinski definition) is 2. The number of nitrogens with one attached hydrogen (secondary N) is 2. The highest BCUT2D eigenvalue weighted by molar-refractivity contribution is 6.18. The molecule has 0 radical (unpaired) electrons. The standard InChI is InChI=1S/C7H10N2/c1-3-6(5-8)7(9)4-2/h3-5,8-9H,2H2,1H3/b6-3-,8-5?,9-7?. The van der Waals surface area contributed by atoms with E-state index in [1.807, 2.05) is 0 Å². The molecule has 0 aromatic rings. The molecule has 2 N–H and O–H groups in total. The van der Waals surface area contributed by atoms with Crippen molar-refractivity contribution in [2.24, 2.45) is 0 Å². The van der Waals surface area contributed by atoms with Crippen LogP contribution in [0.1, 0.15) is 6.92 Å². The average Bonchev–Trinajstić information content (AvgIpc) is 1.90. The lowest BCUT2D eigenvalue weighted by molar-refractivity contribution is 1.49. The highest BCUT2D eigenvalue weighted by Crippen LogP contribution is 1.91. The van der Waals surface area contributed by atoms with Crippen molar-refractivity contribution in [3.8, 4) is 0 Å². The van der Waals surface area contributed by atoms with Gasteiger partial charge in [-0.2, -0.15) is 0 Å². The van der Waals surface area contributed by atoms with E-state index in [4.69, 9.17) is 10.8 Å². The molecule has 2 heteroatoms. The Hall–Kier alpha value is -1.18. The van der Waals surface area contributed by atoms with Gasteiger partial charge in [0.25, 0.3) is 0 Å². The Bertz CT molecular complexity index is 166. The molecular formula is C7H10N2. The first-order valence-electron chi connectivity index (χ1n) is 2.64. The van der Waals surface area contributed by atoms with E-state index in [-0.39, 0.29) is 0 Å². The summed E-state index contributed by atoms with van der Waals surface area (Å²) >= 11 is 0. The predicted octanol–water partition coefficient (Wildman–Crippen LogP) is 1.79. The van der Waals surface area contributed by atoms with Gasteiger partial charge in [0, 0.05) is 11.8 Å². The number of allylic oxidation sites excluding steroid dienone is 3. The van der Waals surface area contributed by atoms with Gasteiger partial charge in [0.1, 0.15) is 0 Å². The molecule has 9 heavy (non-hydrogen) atoms. The molecule has 0 bridgehead atoms. The highest BCUT2D eigenvalue weighted by atomic mass is 14.4. The third-order valence-corrected chi connectivity index (χ3v) is 0.982. The summed E-state index contributed by atoms with van der Waals surface area (Å²) in [7, 11) is 0. The van der Waals surface area contributed by atoms with E-state index >= 15 is 0 Å². The molecule has 0 aliphatic rings. The Morgan fingerprint density at radius 2 is 2.11 bits per heavy atom. The summed E-state index contributed by atoms with van der Waals surface area (Å²) < 4.78 is 0. The second-order valence-corrected chi connectivity index (χ2v) is 1.51. The van der Waals surface area contributed by atoms with E-state index < -0.39 is 0 Å². The molecular weight excluding hydrogens is 112 g/mol. The second-order valence-electron chi connectivity index (χ2n) is 1.51. The lowest BCUT2D eigenvalue weighted by Gasteiger charge is -1.92. The summed E-state index contributed by atoms with van der Waals surface area (Å²) in [5.74, 6) is 0. The Morgan fingerprint density at radius 3 is 2.22 bits per heavy atom. The zero-order valence-electron chi connectivity index (χ0n) is 5.44. The van der Waals surface area contributed by atoms with Crippen LogP contribution in [-0.2, 0) is 0 Å². The van der Waals surface area contributed by atoms with E-state index in [9.17, 15) is 0 Å². The zero-order chi connectivity index (χ0) is 7.28. The lowest BCUT2D eigenvalue weighted by Crippen LogP contribution is -1.96. The first-order chi connectivity index (χ1) is 4.26. The minimum atomic E-state index is 0.299. The smallest absolute Gasteiger partial charge is 0.0618 e. The van der Waals surface area contributed by atoms with E-state index in [1.165, 1.54) is 6.08 Å². The van der Waals surface area contributed by atoms with Gasteiger partial charge in [0.05, 0.1) is 5.71 Å². The van der Waals surface area contributed by atoms with E-state index in [0.717, 1.165) is 6.21 Å². The molecule has 0 aromatic heterocycles. The van der Waals surface area contributed by atoms with Crippen molar-refractivity contribution in [2.75, 3.05) is 0 Å². The van der Waals surface area contributed by atoms with E-state index in [1.54, 1.807) is 13.0 Å². The predicted molar refractivity (Wildman–Crippen MR) is 40.5 cm³/mol. The molecule has 0 unspecified atom stereocenters. The van der Waals surface area contributed by atoms with Crippen LogP contribution in [-0.4, -0.2) is 11.9 Å². The van der Waals surface area contributed by atoms with E-state index in [2.05, 4.69) is 6.58 Å². The summed E-state index contributed by atoms with van der Waals surface area (Å²) in [6.45, 7) is 5.20. The highest BCUT2D eigenvalue weighted by Gasteiger charge is 1.92. The van der Waals surface area contributed by atoms with Gasteiger partial charge in [0.2, 0.25) is 0 Å². The lowest BCUT2D eigenvalue weighted by atomic mass is 10.2. The first kappa shape index (κ1) is 7.82. The van der Waals surface area contributed by atoms with Gasteiger partial charge in [-0.1, -0.05) is 12.7 Å². The van der Waals surface area contributed by atoms with Crippen LogP contribution in [0.4, 0.5) is 0 Å². The van der Waals surface area contributed by atoms with Gasteiger partial charge >= 0.3 is 0 Å². The Balaban J connectivity index is 4.31. The molecule has 0 aliphatic heterocycles. The van der Waals surface area contributed by atoms with Crippen molar-refractivity contribution in [3.63, 3.8) is 0 Å². The number of hydrogen-bond acceptors (Lipinski definition) is 2. The summed E-state index contributed by atoms with van der Waals surface area (Å²) in [4.78, 5) is 0.